The smallest absolute Gasteiger partial charge is 0.0867 e. The van der Waals surface area contributed by atoms with Crippen LogP contribution in [0, 0.1) is 13.8 Å². The van der Waals surface area contributed by atoms with Crippen molar-refractivity contribution in [2.24, 2.45) is 5.16 Å². The van der Waals surface area contributed by atoms with Crippen LogP contribution in [-0.4, -0.2) is 10.9 Å². The maximum atomic E-state index is 8.76. The van der Waals surface area contributed by atoms with Crippen LogP contribution in [0.3, 0.4) is 0 Å². The molecule has 1 N–H and O–H groups in total. The van der Waals surface area contributed by atoms with Crippen LogP contribution in [0.25, 0.3) is 0 Å². The fourth-order valence-corrected chi connectivity index (χ4v) is 1.45. The summed E-state index contributed by atoms with van der Waals surface area (Å²) in [5.41, 5.74) is 4.18. The first kappa shape index (κ1) is 9.78. The molecule has 0 atom stereocenters. The summed E-state index contributed by atoms with van der Waals surface area (Å²) in [6, 6.07) is 6.13. The quantitative estimate of drug-likeness (QED) is 0.420. The lowest BCUT2D eigenvalue weighted by Crippen LogP contribution is -2.01. The van der Waals surface area contributed by atoms with Gasteiger partial charge < -0.3 is 5.21 Å². The molecule has 0 unspecified atom stereocenters. The molecule has 1 aromatic carbocycles. The highest BCUT2D eigenvalue weighted by Gasteiger charge is 2.04. The van der Waals surface area contributed by atoms with Crippen molar-refractivity contribution in [3.8, 4) is 0 Å². The lowest BCUT2D eigenvalue weighted by atomic mass is 10.0. The fourth-order valence-electron chi connectivity index (χ4n) is 1.45. The van der Waals surface area contributed by atoms with Gasteiger partial charge in [0.2, 0.25) is 0 Å². The van der Waals surface area contributed by atoms with E-state index in [1.807, 2.05) is 26.0 Å². The summed E-state index contributed by atoms with van der Waals surface area (Å²) in [4.78, 5) is 0. The first-order valence-corrected chi connectivity index (χ1v) is 4.47. The Labute approximate surface area is 78.9 Å². The molecule has 0 aliphatic carbocycles. The fraction of sp³-hybridized carbons (Fsp3) is 0.364. The summed E-state index contributed by atoms with van der Waals surface area (Å²) in [6.45, 7) is 6.07. The van der Waals surface area contributed by atoms with Gasteiger partial charge >= 0.3 is 0 Å². The Morgan fingerprint density at radius 1 is 1.38 bits per heavy atom. The predicted molar refractivity (Wildman–Crippen MR) is 54.5 cm³/mol. The Morgan fingerprint density at radius 2 is 2.08 bits per heavy atom. The van der Waals surface area contributed by atoms with E-state index in [0.29, 0.717) is 0 Å². The van der Waals surface area contributed by atoms with E-state index in [9.17, 15) is 0 Å². The standard InChI is InChI=1S/C11H15NO/c1-4-11(12-13)10-6-5-8(2)7-9(10)3/h5-7,13H,4H2,1-3H3/b12-11-. The number of hydrogen-bond acceptors (Lipinski definition) is 2. The summed E-state index contributed by atoms with van der Waals surface area (Å²) in [6.07, 6.45) is 0.750. The molecule has 0 saturated heterocycles. The lowest BCUT2D eigenvalue weighted by molar-refractivity contribution is 0.318. The molecule has 0 bridgehead atoms. The molecule has 0 aliphatic rings. The molecule has 2 heteroatoms. The highest BCUT2D eigenvalue weighted by Crippen LogP contribution is 2.13. The summed E-state index contributed by atoms with van der Waals surface area (Å²) in [5.74, 6) is 0. The average Bonchev–Trinajstić information content (AvgIpc) is 2.10. The van der Waals surface area contributed by atoms with E-state index in [1.165, 1.54) is 5.56 Å². The van der Waals surface area contributed by atoms with Gasteiger partial charge in [0.15, 0.2) is 0 Å². The van der Waals surface area contributed by atoms with E-state index < -0.39 is 0 Å². The average molecular weight is 177 g/mol. The molecule has 1 aromatic rings. The molecule has 2 nitrogen and oxygen atoms in total. The summed E-state index contributed by atoms with van der Waals surface area (Å²) in [7, 11) is 0. The molecule has 0 aromatic heterocycles. The van der Waals surface area contributed by atoms with Crippen molar-refractivity contribution < 1.29 is 5.21 Å². The van der Waals surface area contributed by atoms with Gasteiger partial charge in [-0.3, -0.25) is 0 Å². The van der Waals surface area contributed by atoms with Crippen LogP contribution in [0.2, 0.25) is 0 Å². The van der Waals surface area contributed by atoms with Gasteiger partial charge in [0.25, 0.3) is 0 Å². The zero-order valence-corrected chi connectivity index (χ0v) is 8.33. The van der Waals surface area contributed by atoms with Crippen LogP contribution in [0.15, 0.2) is 23.4 Å². The Hall–Kier alpha value is -1.31. The number of nitrogens with zero attached hydrogens (tertiary/aromatic N) is 1. The predicted octanol–water partition coefficient (Wildman–Crippen LogP) is 2.89. The van der Waals surface area contributed by atoms with Crippen LogP contribution >= 0.6 is 0 Å². The molecule has 0 amide bonds. The van der Waals surface area contributed by atoms with Crippen molar-refractivity contribution in [1.82, 2.24) is 0 Å². The second-order valence-electron chi connectivity index (χ2n) is 3.22. The van der Waals surface area contributed by atoms with Crippen molar-refractivity contribution in [1.29, 1.82) is 0 Å². The molecule has 0 fully saturated rings. The molecule has 0 spiro atoms. The summed E-state index contributed by atoms with van der Waals surface area (Å²) < 4.78 is 0. The first-order chi connectivity index (χ1) is 6.19. The third kappa shape index (κ3) is 2.08. The highest BCUT2D eigenvalue weighted by molar-refractivity contribution is 6.01. The van der Waals surface area contributed by atoms with E-state index in [4.69, 9.17) is 5.21 Å². The van der Waals surface area contributed by atoms with Crippen LogP contribution in [0.4, 0.5) is 0 Å². The maximum Gasteiger partial charge on any atom is 0.0867 e. The van der Waals surface area contributed by atoms with Crippen molar-refractivity contribution in [2.45, 2.75) is 27.2 Å². The minimum atomic E-state index is 0.748. The van der Waals surface area contributed by atoms with Crippen LogP contribution in [0.5, 0.6) is 0 Å². The van der Waals surface area contributed by atoms with Crippen molar-refractivity contribution in [3.05, 3.63) is 34.9 Å². The number of hydrogen-bond donors (Lipinski definition) is 1. The third-order valence-electron chi connectivity index (χ3n) is 2.15. The Balaban J connectivity index is 3.15. The van der Waals surface area contributed by atoms with Gasteiger partial charge in [-0.1, -0.05) is 35.8 Å². The second kappa shape index (κ2) is 4.08. The van der Waals surface area contributed by atoms with Crippen LogP contribution < -0.4 is 0 Å². The Kier molecular flexibility index (Phi) is 3.07. The maximum absolute atomic E-state index is 8.76. The third-order valence-corrected chi connectivity index (χ3v) is 2.15. The number of oxime groups is 1. The Morgan fingerprint density at radius 3 is 2.54 bits per heavy atom. The zero-order valence-electron chi connectivity index (χ0n) is 8.33. The van der Waals surface area contributed by atoms with Gasteiger partial charge in [0, 0.05) is 5.56 Å². The zero-order chi connectivity index (χ0) is 9.84. The first-order valence-electron chi connectivity index (χ1n) is 4.47. The molecular weight excluding hydrogens is 162 g/mol. The second-order valence-corrected chi connectivity index (χ2v) is 3.22. The van der Waals surface area contributed by atoms with Crippen molar-refractivity contribution >= 4 is 5.71 Å². The molecule has 13 heavy (non-hydrogen) atoms. The van der Waals surface area contributed by atoms with Gasteiger partial charge in [-0.15, -0.1) is 0 Å². The van der Waals surface area contributed by atoms with Gasteiger partial charge in [-0.05, 0) is 25.8 Å². The summed E-state index contributed by atoms with van der Waals surface area (Å²) in [5, 5.41) is 12.0. The van der Waals surface area contributed by atoms with Crippen LogP contribution in [0.1, 0.15) is 30.0 Å². The number of aryl methyl sites for hydroxylation is 2. The van der Waals surface area contributed by atoms with Gasteiger partial charge in [-0.25, -0.2) is 0 Å². The number of benzene rings is 1. The summed E-state index contributed by atoms with van der Waals surface area (Å²) >= 11 is 0. The Bertz CT molecular complexity index is 329. The lowest BCUT2D eigenvalue weighted by Gasteiger charge is -2.06. The molecule has 0 heterocycles. The normalized spacial score (nSPS) is 11.8. The van der Waals surface area contributed by atoms with E-state index in [-0.39, 0.29) is 0 Å². The van der Waals surface area contributed by atoms with Gasteiger partial charge in [0.1, 0.15) is 0 Å². The molecular formula is C11H15NO. The van der Waals surface area contributed by atoms with E-state index in [2.05, 4.69) is 18.1 Å². The topological polar surface area (TPSA) is 32.6 Å². The van der Waals surface area contributed by atoms with Crippen LogP contribution in [-0.2, 0) is 0 Å². The van der Waals surface area contributed by atoms with Crippen molar-refractivity contribution in [2.75, 3.05) is 0 Å². The molecule has 70 valence electrons. The van der Waals surface area contributed by atoms with E-state index in [1.54, 1.807) is 0 Å². The minimum absolute atomic E-state index is 0.748. The van der Waals surface area contributed by atoms with E-state index >= 15 is 0 Å². The highest BCUT2D eigenvalue weighted by atomic mass is 16.4. The molecule has 0 radical (unpaired) electrons. The van der Waals surface area contributed by atoms with E-state index in [0.717, 1.165) is 23.3 Å². The van der Waals surface area contributed by atoms with Crippen molar-refractivity contribution in [3.63, 3.8) is 0 Å². The van der Waals surface area contributed by atoms with Gasteiger partial charge in [0.05, 0.1) is 5.71 Å². The van der Waals surface area contributed by atoms with Gasteiger partial charge in [-0.2, -0.15) is 0 Å². The monoisotopic (exact) mass is 177 g/mol. The molecule has 0 aliphatic heterocycles. The minimum Gasteiger partial charge on any atom is -0.411 e. The number of rotatable bonds is 2. The molecule has 0 saturated carbocycles. The SMILES string of the molecule is CC/C(=N/O)c1ccc(C)cc1C. The molecule has 1 rings (SSSR count). The largest absolute Gasteiger partial charge is 0.411 e.